The zero-order chi connectivity index (χ0) is 52.8. The number of aliphatic hydroxyl groups is 10. The number of phenols is 2. The number of rotatable bonds is 22. The number of ether oxygens (including phenoxy) is 7. The van der Waals surface area contributed by atoms with Gasteiger partial charge in [-0.3, -0.25) is 0 Å². The Morgan fingerprint density at radius 3 is 2.14 bits per heavy atom. The first-order chi connectivity index (χ1) is 35.1. The van der Waals surface area contributed by atoms with Crippen molar-refractivity contribution in [2.24, 2.45) is 0 Å². The minimum atomic E-state index is -2.11. The molecule has 3 heterocycles. The van der Waals surface area contributed by atoms with Gasteiger partial charge >= 0.3 is 11.9 Å². The number of hydrogen-bond acceptors (Lipinski definition) is 21. The summed E-state index contributed by atoms with van der Waals surface area (Å²) in [6, 6.07) is 13.9. The van der Waals surface area contributed by atoms with Crippen molar-refractivity contribution in [1.82, 2.24) is 0 Å². The number of esters is 2. The molecule has 0 saturated carbocycles. The zero-order valence-corrected chi connectivity index (χ0v) is 40.0. The minimum Gasteiger partial charge on any atom is -0.508 e. The molecule has 0 radical (unpaired) electrons. The van der Waals surface area contributed by atoms with Crippen LogP contribution in [0, 0.1) is 0 Å². The lowest BCUT2D eigenvalue weighted by molar-refractivity contribution is -0.382. The van der Waals surface area contributed by atoms with Crippen LogP contribution in [-0.4, -0.2) is 185 Å². The van der Waals surface area contributed by atoms with Gasteiger partial charge in [0, 0.05) is 17.7 Å². The second kappa shape index (κ2) is 27.4. The number of aliphatic hydroxyl groups excluding tert-OH is 10. The average Bonchev–Trinajstić information content (AvgIpc) is 3.38. The van der Waals surface area contributed by atoms with Crippen molar-refractivity contribution in [1.29, 1.82) is 0 Å². The first-order valence-corrected chi connectivity index (χ1v) is 24.0. The first-order valence-electron chi connectivity index (χ1n) is 24.0. The molecule has 3 saturated heterocycles. The number of benzene rings is 3. The molecule has 0 aliphatic carbocycles. The second-order valence-electron chi connectivity index (χ2n) is 17.8. The van der Waals surface area contributed by atoms with Crippen LogP contribution in [0.1, 0.15) is 66.6 Å². The fourth-order valence-corrected chi connectivity index (χ4v) is 8.74. The van der Waals surface area contributed by atoms with Gasteiger partial charge in [0.05, 0.1) is 31.5 Å². The standard InChI is InChI=1S/C52H66O21/c1-2-3-4-5-6-7-9-17-30(56)18-10-8-11-21-38(59)71-48-45(65)47(39-29(24-53)22-31(57)23-34(39)58)68-36(26-55)46(48)72-52-49(73-51-44(64)42(62)40(60)35(25-54)69-51)43(63)41(61)37(70-52)27-67-50(66)33-20-14-16-28-15-12-13-19-32(28)33/h6-17,19-23,30,35-37,40-49,51-58,60-65H,2-5,18,24-27H2,1H3/b7-6+,10-8+,17-9+,21-11+/t30-,35-,36-,37-,40+,41+,42+,43+,44-,45+,46-,47+,48-,49-,51+,52+/m1/s1. The molecule has 3 aromatic carbocycles. The fourth-order valence-electron chi connectivity index (χ4n) is 8.74. The average molecular weight is 1030 g/mol. The molecular formula is C52H66O21. The fraction of sp³-hybridized carbons (Fsp3) is 0.500. The Hall–Kier alpha value is -5.18. The van der Waals surface area contributed by atoms with E-state index in [2.05, 4.69) is 6.92 Å². The highest BCUT2D eigenvalue weighted by Crippen LogP contribution is 2.43. The summed E-state index contributed by atoms with van der Waals surface area (Å²) in [5, 5.41) is 131. The van der Waals surface area contributed by atoms with Gasteiger partial charge in [-0.2, -0.15) is 0 Å². The van der Waals surface area contributed by atoms with Crippen molar-refractivity contribution in [3.8, 4) is 11.5 Å². The van der Waals surface area contributed by atoms with Gasteiger partial charge in [0.2, 0.25) is 0 Å². The van der Waals surface area contributed by atoms with Crippen LogP contribution in [0.25, 0.3) is 10.8 Å². The van der Waals surface area contributed by atoms with Crippen LogP contribution < -0.4 is 0 Å². The van der Waals surface area contributed by atoms with E-state index in [0.29, 0.717) is 5.39 Å². The first kappa shape index (κ1) is 57.1. The van der Waals surface area contributed by atoms with E-state index < -0.39 is 148 Å². The number of fused-ring (bicyclic) bond motifs is 1. The lowest BCUT2D eigenvalue weighted by Gasteiger charge is -2.49. The van der Waals surface area contributed by atoms with Crippen molar-refractivity contribution in [3.63, 3.8) is 0 Å². The Balaban J connectivity index is 1.30. The highest BCUT2D eigenvalue weighted by Gasteiger charge is 2.55. The minimum absolute atomic E-state index is 0.130. The van der Waals surface area contributed by atoms with Crippen molar-refractivity contribution < 1.29 is 104 Å². The highest BCUT2D eigenvalue weighted by molar-refractivity contribution is 6.04. The summed E-state index contributed by atoms with van der Waals surface area (Å²) < 4.78 is 41.3. The van der Waals surface area contributed by atoms with E-state index in [0.717, 1.165) is 49.3 Å². The predicted molar refractivity (Wildman–Crippen MR) is 256 cm³/mol. The maximum Gasteiger partial charge on any atom is 0.338 e. The summed E-state index contributed by atoms with van der Waals surface area (Å²) in [5.74, 6) is -3.09. The lowest BCUT2D eigenvalue weighted by Crippen LogP contribution is -2.66. The van der Waals surface area contributed by atoms with E-state index in [1.807, 2.05) is 12.2 Å². The van der Waals surface area contributed by atoms with E-state index in [4.69, 9.17) is 33.2 Å². The van der Waals surface area contributed by atoms with Crippen molar-refractivity contribution >= 4 is 22.7 Å². The van der Waals surface area contributed by atoms with Crippen molar-refractivity contribution in [2.75, 3.05) is 19.8 Å². The Bertz CT molecular complexity index is 2360. The summed E-state index contributed by atoms with van der Waals surface area (Å²) >= 11 is 0. The molecule has 400 valence electrons. The van der Waals surface area contributed by atoms with Gasteiger partial charge in [-0.05, 0) is 47.7 Å². The summed E-state index contributed by atoms with van der Waals surface area (Å²) in [4.78, 5) is 27.1. The summed E-state index contributed by atoms with van der Waals surface area (Å²) in [6.07, 6.45) is -12.3. The summed E-state index contributed by atoms with van der Waals surface area (Å²) in [5.41, 5.74) is -0.249. The van der Waals surface area contributed by atoms with E-state index >= 15 is 0 Å². The van der Waals surface area contributed by atoms with Crippen LogP contribution in [0.2, 0.25) is 0 Å². The lowest BCUT2D eigenvalue weighted by atomic mass is 9.88. The van der Waals surface area contributed by atoms with E-state index in [9.17, 15) is 70.9 Å². The molecule has 3 aliphatic rings. The molecule has 6 rings (SSSR count). The molecule has 73 heavy (non-hydrogen) atoms. The summed E-state index contributed by atoms with van der Waals surface area (Å²) in [6.45, 7) is -1.28. The summed E-state index contributed by atoms with van der Waals surface area (Å²) in [7, 11) is 0. The molecule has 3 fully saturated rings. The van der Waals surface area contributed by atoms with Crippen LogP contribution in [0.15, 0.2) is 103 Å². The largest absolute Gasteiger partial charge is 0.508 e. The van der Waals surface area contributed by atoms with Crippen LogP contribution in [0.5, 0.6) is 11.5 Å². The highest BCUT2D eigenvalue weighted by atomic mass is 16.8. The van der Waals surface area contributed by atoms with Crippen LogP contribution in [0.4, 0.5) is 0 Å². The quantitative estimate of drug-likeness (QED) is 0.0288. The van der Waals surface area contributed by atoms with Gasteiger partial charge in [-0.1, -0.05) is 98.7 Å². The van der Waals surface area contributed by atoms with Crippen LogP contribution in [-0.2, 0) is 44.6 Å². The molecule has 16 atom stereocenters. The van der Waals surface area contributed by atoms with E-state index in [1.165, 1.54) is 18.2 Å². The maximum atomic E-state index is 13.6. The number of phenolic OH excluding ortho intramolecular Hbond substituents is 2. The normalized spacial score (nSPS) is 31.5. The van der Waals surface area contributed by atoms with Gasteiger partial charge in [0.25, 0.3) is 0 Å². The molecule has 3 aromatic rings. The Labute approximate surface area is 420 Å². The van der Waals surface area contributed by atoms with Crippen LogP contribution in [0.3, 0.4) is 0 Å². The zero-order valence-electron chi connectivity index (χ0n) is 40.0. The Kier molecular flexibility index (Phi) is 21.4. The molecule has 0 amide bonds. The molecule has 0 aromatic heterocycles. The molecular weight excluding hydrogens is 961 g/mol. The molecule has 21 heteroatoms. The molecule has 0 bridgehead atoms. The predicted octanol–water partition coefficient (Wildman–Crippen LogP) is 0.878. The molecule has 0 spiro atoms. The number of hydrogen-bond donors (Lipinski definition) is 12. The second-order valence-corrected chi connectivity index (χ2v) is 17.8. The van der Waals surface area contributed by atoms with Gasteiger partial charge in [0.1, 0.15) is 91.4 Å². The van der Waals surface area contributed by atoms with E-state index in [1.54, 1.807) is 54.6 Å². The smallest absolute Gasteiger partial charge is 0.338 e. The number of aromatic hydroxyl groups is 2. The number of carbonyl (C=O) groups is 2. The number of carbonyl (C=O) groups excluding carboxylic acids is 2. The van der Waals surface area contributed by atoms with E-state index in [-0.39, 0.29) is 23.1 Å². The third-order valence-electron chi connectivity index (χ3n) is 12.6. The van der Waals surface area contributed by atoms with Crippen molar-refractivity contribution in [3.05, 3.63) is 120 Å². The molecule has 0 unspecified atom stereocenters. The van der Waals surface area contributed by atoms with Gasteiger partial charge in [-0.25, -0.2) is 9.59 Å². The molecule has 12 N–H and O–H groups in total. The Morgan fingerprint density at radius 2 is 1.40 bits per heavy atom. The van der Waals surface area contributed by atoms with Gasteiger partial charge in [-0.15, -0.1) is 0 Å². The van der Waals surface area contributed by atoms with Crippen molar-refractivity contribution in [2.45, 2.75) is 144 Å². The Morgan fingerprint density at radius 1 is 0.699 bits per heavy atom. The number of unbranched alkanes of at least 4 members (excludes halogenated alkanes) is 3. The third-order valence-corrected chi connectivity index (χ3v) is 12.6. The SMILES string of the molecule is CCCCC/C=C/C=C/[C@@H](O)C/C=C/C=C/C(=O)O[C@@H]1[C@@H](O)[C@H](c2c(O)cc(O)cc2CO)O[C@H](CO)[C@H]1O[C@@H]1O[C@H](COC(=O)c2cccc3ccccc23)[C@H](O)[C@H](O)[C@H]1O[C@@H]1O[C@H](CO)[C@H](O)[C@H](O)[C@H]1O. The van der Waals surface area contributed by atoms with Gasteiger partial charge < -0.3 is 94.4 Å². The third kappa shape index (κ3) is 14.4. The van der Waals surface area contributed by atoms with Gasteiger partial charge in [0.15, 0.2) is 18.7 Å². The molecule has 3 aliphatic heterocycles. The topological polar surface area (TPSA) is 342 Å². The monoisotopic (exact) mass is 1030 g/mol. The van der Waals surface area contributed by atoms with Crippen LogP contribution >= 0.6 is 0 Å². The molecule has 21 nitrogen and oxygen atoms in total. The maximum absolute atomic E-state index is 13.6. The number of allylic oxidation sites excluding steroid dienone is 5.